The number of hydrogen-bond acceptors (Lipinski definition) is 2. The van der Waals surface area contributed by atoms with Crippen LogP contribution in [-0.2, 0) is 10.8 Å². The number of hydrogen-bond donors (Lipinski definition) is 0. The van der Waals surface area contributed by atoms with E-state index in [-0.39, 0.29) is 10.8 Å². The summed E-state index contributed by atoms with van der Waals surface area (Å²) in [6, 6.07) is 81.8. The van der Waals surface area contributed by atoms with Crippen molar-refractivity contribution in [3.8, 4) is 33.4 Å². The zero-order valence-electron chi connectivity index (χ0n) is 39.9. The van der Waals surface area contributed by atoms with Gasteiger partial charge in [0.2, 0.25) is 0 Å². The summed E-state index contributed by atoms with van der Waals surface area (Å²) in [5, 5.41) is 7.27. The van der Waals surface area contributed by atoms with Gasteiger partial charge in [-0.2, -0.15) is 0 Å². The Balaban J connectivity index is 1.13. The van der Waals surface area contributed by atoms with Gasteiger partial charge in [0, 0.05) is 22.2 Å². The van der Waals surface area contributed by atoms with E-state index in [0.717, 1.165) is 16.9 Å². The maximum absolute atomic E-state index is 4.85. The van der Waals surface area contributed by atoms with E-state index in [2.05, 4.69) is 256 Å². The molecule has 0 saturated heterocycles. The van der Waals surface area contributed by atoms with Gasteiger partial charge in [-0.15, -0.1) is 0 Å². The van der Waals surface area contributed by atoms with Crippen LogP contribution in [0.3, 0.4) is 0 Å². The van der Waals surface area contributed by atoms with Gasteiger partial charge in [-0.05, 0) is 153 Å². The highest BCUT2D eigenvalue weighted by Crippen LogP contribution is 2.57. The largest absolute Gasteiger partial charge is 0.310 e. The molecule has 2 nitrogen and oxygen atoms in total. The third-order valence-electron chi connectivity index (χ3n) is 16.1. The third-order valence-corrected chi connectivity index (χ3v) is 16.1. The first-order valence-corrected chi connectivity index (χ1v) is 24.6. The van der Waals surface area contributed by atoms with E-state index in [1.165, 1.54) is 122 Å². The maximum Gasteiger partial charge on any atom is 0.0502 e. The van der Waals surface area contributed by atoms with Crippen molar-refractivity contribution in [1.29, 1.82) is 0 Å². The average molecular weight is 895 g/mol. The van der Waals surface area contributed by atoms with Crippen molar-refractivity contribution < 1.29 is 0 Å². The average Bonchev–Trinajstić information content (AvgIpc) is 3.69. The summed E-state index contributed by atoms with van der Waals surface area (Å²) in [7, 11) is 0. The number of anilines is 6. The van der Waals surface area contributed by atoms with Crippen molar-refractivity contribution in [3.63, 3.8) is 0 Å². The van der Waals surface area contributed by atoms with Crippen LogP contribution in [0.1, 0.15) is 61.1 Å². The molecule has 11 aromatic carbocycles. The fraction of sp³-hybridized carbons (Fsp3) is 0.0882. The summed E-state index contributed by atoms with van der Waals surface area (Å²) in [6.07, 6.45) is 0. The first-order chi connectivity index (χ1) is 34.2. The topological polar surface area (TPSA) is 6.48 Å². The van der Waals surface area contributed by atoms with E-state index in [4.69, 9.17) is 6.58 Å². The fourth-order valence-corrected chi connectivity index (χ4v) is 12.8. The van der Waals surface area contributed by atoms with Gasteiger partial charge in [-0.1, -0.05) is 204 Å². The second kappa shape index (κ2) is 14.8. The molecule has 0 fully saturated rings. The van der Waals surface area contributed by atoms with Crippen LogP contribution in [-0.4, -0.2) is 0 Å². The highest BCUT2D eigenvalue weighted by atomic mass is 15.2. The summed E-state index contributed by atoms with van der Waals surface area (Å²) >= 11 is 0. The molecule has 0 aromatic heterocycles. The van der Waals surface area contributed by atoms with Crippen LogP contribution in [0.25, 0.3) is 71.3 Å². The number of para-hydroxylation sites is 4. The fourth-order valence-electron chi connectivity index (χ4n) is 12.8. The van der Waals surface area contributed by atoms with Crippen molar-refractivity contribution in [3.05, 3.63) is 258 Å². The lowest BCUT2D eigenvalue weighted by atomic mass is 9.73. The minimum atomic E-state index is -0.174. The molecule has 14 rings (SSSR count). The number of rotatable bonds is 4. The second-order valence-electron chi connectivity index (χ2n) is 20.5. The Morgan fingerprint density at radius 2 is 0.686 bits per heavy atom. The van der Waals surface area contributed by atoms with Gasteiger partial charge in [0.1, 0.15) is 0 Å². The molecule has 3 aliphatic rings. The number of benzene rings is 11. The summed E-state index contributed by atoms with van der Waals surface area (Å²) in [5.41, 5.74) is 22.8. The van der Waals surface area contributed by atoms with Gasteiger partial charge >= 0.3 is 0 Å². The smallest absolute Gasteiger partial charge is 0.0502 e. The van der Waals surface area contributed by atoms with Crippen LogP contribution >= 0.6 is 0 Å². The van der Waals surface area contributed by atoms with Crippen LogP contribution in [0, 0.1) is 0 Å². The maximum atomic E-state index is 4.85. The Morgan fingerprint density at radius 3 is 1.23 bits per heavy atom. The minimum Gasteiger partial charge on any atom is -0.310 e. The molecular formula is C68H50N2. The van der Waals surface area contributed by atoms with E-state index in [1.54, 1.807) is 0 Å². The van der Waals surface area contributed by atoms with E-state index in [9.17, 15) is 0 Å². The zero-order chi connectivity index (χ0) is 47.0. The van der Waals surface area contributed by atoms with Crippen molar-refractivity contribution in [1.82, 2.24) is 0 Å². The Kier molecular flexibility index (Phi) is 8.57. The molecule has 0 atom stereocenters. The van der Waals surface area contributed by atoms with Gasteiger partial charge in [0.05, 0.1) is 22.7 Å². The Labute approximate surface area is 410 Å². The van der Waals surface area contributed by atoms with Crippen LogP contribution in [0.2, 0.25) is 0 Å². The van der Waals surface area contributed by atoms with Crippen molar-refractivity contribution in [2.24, 2.45) is 0 Å². The molecule has 0 unspecified atom stereocenters. The number of fused-ring (bicyclic) bond motifs is 10. The number of nitrogens with zero attached hydrogens (tertiary/aromatic N) is 2. The molecule has 1 aliphatic carbocycles. The summed E-state index contributed by atoms with van der Waals surface area (Å²) in [4.78, 5) is 5.00. The molecule has 0 radical (unpaired) electrons. The Hall–Kier alpha value is -8.46. The molecule has 2 aliphatic heterocycles. The lowest BCUT2D eigenvalue weighted by molar-refractivity contribution is 0.632. The van der Waals surface area contributed by atoms with Crippen LogP contribution in [0.5, 0.6) is 0 Å². The van der Waals surface area contributed by atoms with E-state index in [1.807, 2.05) is 0 Å². The van der Waals surface area contributed by atoms with Crippen LogP contribution < -0.4 is 9.80 Å². The molecule has 2 heteroatoms. The van der Waals surface area contributed by atoms with Gasteiger partial charge in [-0.25, -0.2) is 0 Å². The van der Waals surface area contributed by atoms with Crippen LogP contribution in [0.4, 0.5) is 34.1 Å². The van der Waals surface area contributed by atoms with Crippen LogP contribution in [0.15, 0.2) is 225 Å². The second-order valence-corrected chi connectivity index (χ2v) is 20.5. The summed E-state index contributed by atoms with van der Waals surface area (Å²) < 4.78 is 0. The van der Waals surface area contributed by atoms with Gasteiger partial charge in [-0.3, -0.25) is 0 Å². The minimum absolute atomic E-state index is 0.172. The van der Waals surface area contributed by atoms with Gasteiger partial charge in [0.25, 0.3) is 0 Å². The first kappa shape index (κ1) is 40.6. The third kappa shape index (κ3) is 5.56. The first-order valence-electron chi connectivity index (χ1n) is 24.6. The molecule has 0 N–H and O–H groups in total. The predicted octanol–water partition coefficient (Wildman–Crippen LogP) is 18.7. The summed E-state index contributed by atoms with van der Waals surface area (Å²) in [5.74, 6) is 0. The molecule has 70 heavy (non-hydrogen) atoms. The van der Waals surface area contributed by atoms with E-state index >= 15 is 0 Å². The standard InChI is InChI=1S/C68H50N2/c1-42-46-22-8-9-24-48(46)50-26-19-27-53(64(42)50)66-52-39-37-44(69-60-32-14-10-28-56(60)67(2,3)57-29-11-15-33-61(57)69)40-54(52)65(49-25-18-21-43-20-6-7-23-47(43)49)51-38-36-45(41-55(51)66)70-62-34-16-12-30-58(62)68(4,5)59-31-13-17-35-63(59)70/h6-41H,1H2,2-5H3. The SMILES string of the molecule is C=C1c2ccccc2-c2cccc(-c3c4cc(N5c6ccccc6C(C)(C)c6ccccc65)ccc4c(-c4cccc5ccccc45)c4cc(N5c6ccccc6C(C)(C)c6ccccc65)ccc34)c21. The molecule has 332 valence electrons. The Bertz CT molecular complexity index is 3950. The molecule has 0 spiro atoms. The van der Waals surface area contributed by atoms with Crippen molar-refractivity contribution in [2.75, 3.05) is 9.80 Å². The van der Waals surface area contributed by atoms with Crippen molar-refractivity contribution in [2.45, 2.75) is 38.5 Å². The lowest BCUT2D eigenvalue weighted by Crippen LogP contribution is -2.30. The molecule has 0 bridgehead atoms. The van der Waals surface area contributed by atoms with Gasteiger partial charge in [0.15, 0.2) is 0 Å². The normalized spacial score (nSPS) is 14.8. The highest BCUT2D eigenvalue weighted by Gasteiger charge is 2.39. The van der Waals surface area contributed by atoms with E-state index < -0.39 is 0 Å². The Morgan fingerprint density at radius 1 is 0.300 bits per heavy atom. The quantitative estimate of drug-likeness (QED) is 0.162. The monoisotopic (exact) mass is 894 g/mol. The molecule has 0 saturated carbocycles. The predicted molar refractivity (Wildman–Crippen MR) is 297 cm³/mol. The summed E-state index contributed by atoms with van der Waals surface area (Å²) in [6.45, 7) is 14.3. The molecule has 0 amide bonds. The highest BCUT2D eigenvalue weighted by molar-refractivity contribution is 6.26. The van der Waals surface area contributed by atoms with E-state index in [0.29, 0.717) is 0 Å². The molecular weight excluding hydrogens is 845 g/mol. The lowest BCUT2D eigenvalue weighted by Gasteiger charge is -2.42. The molecule has 2 heterocycles. The van der Waals surface area contributed by atoms with Crippen molar-refractivity contribution >= 4 is 72.0 Å². The molecule has 11 aromatic rings. The van der Waals surface area contributed by atoms with Gasteiger partial charge < -0.3 is 9.80 Å². The zero-order valence-corrected chi connectivity index (χ0v) is 39.9.